The van der Waals surface area contributed by atoms with Gasteiger partial charge in [-0.15, -0.1) is 11.6 Å². The summed E-state index contributed by atoms with van der Waals surface area (Å²) in [4.78, 5) is 74.0. The number of likely N-dealkylation sites (N-methyl/N-ethyl adjacent to an activating group) is 2. The van der Waals surface area contributed by atoms with Crippen LogP contribution in [0.25, 0.3) is 22.1 Å². The first-order valence-electron chi connectivity index (χ1n) is 21.7. The predicted molar refractivity (Wildman–Crippen MR) is 241 cm³/mol. The number of rotatable bonds is 5. The van der Waals surface area contributed by atoms with Crippen molar-refractivity contribution in [1.82, 2.24) is 40.0 Å². The Balaban J connectivity index is 0.000000135. The molecule has 13 nitrogen and oxygen atoms in total. The SMILES string of the molecule is C1CCOC1.CCN1CCN(Cc2nc3c4c(ccc3[nH]2)C(=O)c2ccccc2C4=O)CC1.CCN1CCNCC1.O=C1c2ccccc2C(=O)c2c1ccc1[nH]c(CCl)nc21. The number of benzene rings is 4. The molecule has 0 radical (unpaired) electrons. The molecule has 62 heavy (non-hydrogen) atoms. The first-order chi connectivity index (χ1) is 30.3. The van der Waals surface area contributed by atoms with Gasteiger partial charge in [0.1, 0.15) is 22.7 Å². The fraction of sp³-hybridized carbons (Fsp3) is 0.375. The van der Waals surface area contributed by atoms with E-state index in [1.165, 1.54) is 45.6 Å². The van der Waals surface area contributed by atoms with E-state index in [0.29, 0.717) is 66.9 Å². The lowest BCUT2D eigenvalue weighted by Crippen LogP contribution is -2.45. The van der Waals surface area contributed by atoms with Crippen LogP contribution < -0.4 is 5.32 Å². The highest BCUT2D eigenvalue weighted by molar-refractivity contribution is 6.32. The number of hydrogen-bond acceptors (Lipinski definition) is 11. The van der Waals surface area contributed by atoms with Gasteiger partial charge in [-0.2, -0.15) is 0 Å². The quantitative estimate of drug-likeness (QED) is 0.168. The molecule has 14 heteroatoms. The van der Waals surface area contributed by atoms with Crippen LogP contribution in [0.5, 0.6) is 0 Å². The maximum atomic E-state index is 13.1. The number of carbonyl (C=O) groups is 4. The Hall–Kier alpha value is -5.41. The molecule has 2 aromatic heterocycles. The van der Waals surface area contributed by atoms with Crippen LogP contribution in [0.1, 0.15) is 102 Å². The number of ketones is 4. The fourth-order valence-electron chi connectivity index (χ4n) is 8.56. The molecule has 3 N–H and O–H groups in total. The number of halogens is 1. The number of aromatic nitrogens is 4. The van der Waals surface area contributed by atoms with Crippen molar-refractivity contribution in [3.05, 3.63) is 129 Å². The highest BCUT2D eigenvalue weighted by Gasteiger charge is 2.33. The Morgan fingerprint density at radius 2 is 0.984 bits per heavy atom. The average molecular weight is 857 g/mol. The summed E-state index contributed by atoms with van der Waals surface area (Å²) < 4.78 is 4.94. The molecule has 2 aliphatic carbocycles. The normalized spacial score (nSPS) is 17.5. The highest BCUT2D eigenvalue weighted by atomic mass is 35.5. The van der Waals surface area contributed by atoms with E-state index in [4.69, 9.17) is 21.3 Å². The number of nitrogens with one attached hydrogen (secondary N) is 3. The second kappa shape index (κ2) is 19.7. The van der Waals surface area contributed by atoms with Crippen LogP contribution in [0.3, 0.4) is 0 Å². The van der Waals surface area contributed by atoms with E-state index in [-0.39, 0.29) is 29.0 Å². The standard InChI is InChI=1S/C22H22N4O2.C16H9ClN2O2.C6H14N2.C4H8O/c1-2-25-9-11-26(12-10-25)13-18-23-17-8-7-16-19(20(17)24-18)22(28)15-6-4-3-5-14(15)21(16)27;17-7-12-18-11-6-5-10-13(14(11)19-12)16(21)9-4-2-1-3-8(9)15(10)20;1-2-8-5-3-7-4-6-8;1-2-4-5-3-1/h3-8H,2,9-13H2,1H3,(H,23,24);1-6H,7H2,(H,18,19);7H,2-6H2,1H3;1-4H2. The van der Waals surface area contributed by atoms with Crippen molar-refractivity contribution in [2.45, 2.75) is 39.1 Å². The second-order valence-corrected chi connectivity index (χ2v) is 16.2. The fourth-order valence-corrected chi connectivity index (χ4v) is 8.69. The van der Waals surface area contributed by atoms with E-state index in [9.17, 15) is 19.2 Å². The lowest BCUT2D eigenvalue weighted by Gasteiger charge is -2.33. The second-order valence-electron chi connectivity index (χ2n) is 15.9. The van der Waals surface area contributed by atoms with Gasteiger partial charge < -0.3 is 29.8 Å². The minimum absolute atomic E-state index is 0.104. The van der Waals surface area contributed by atoms with Crippen LogP contribution >= 0.6 is 11.6 Å². The third-order valence-corrected chi connectivity index (χ3v) is 12.3. The van der Waals surface area contributed by atoms with E-state index in [0.717, 1.165) is 63.8 Å². The van der Waals surface area contributed by atoms with E-state index < -0.39 is 0 Å². The van der Waals surface area contributed by atoms with Gasteiger partial charge in [-0.1, -0.05) is 62.4 Å². The smallest absolute Gasteiger partial charge is 0.196 e. The van der Waals surface area contributed by atoms with Gasteiger partial charge in [-0.3, -0.25) is 24.1 Å². The number of piperazine rings is 2. The van der Waals surface area contributed by atoms with E-state index in [2.05, 4.69) is 48.8 Å². The van der Waals surface area contributed by atoms with Crippen molar-refractivity contribution in [2.75, 3.05) is 78.7 Å². The van der Waals surface area contributed by atoms with Gasteiger partial charge in [0.25, 0.3) is 0 Å². The number of carbonyl (C=O) groups excluding carboxylic acids is 4. The largest absolute Gasteiger partial charge is 0.381 e. The Kier molecular flexibility index (Phi) is 13.8. The van der Waals surface area contributed by atoms with Crippen molar-refractivity contribution in [3.8, 4) is 0 Å². The summed E-state index contributed by atoms with van der Waals surface area (Å²) in [6, 6.07) is 20.9. The van der Waals surface area contributed by atoms with E-state index in [1.54, 1.807) is 66.7 Å². The van der Waals surface area contributed by atoms with Crippen molar-refractivity contribution < 1.29 is 23.9 Å². The van der Waals surface area contributed by atoms with Crippen LogP contribution in [0.15, 0.2) is 72.8 Å². The maximum absolute atomic E-state index is 13.1. The van der Waals surface area contributed by atoms with Gasteiger partial charge in [0.05, 0.1) is 34.6 Å². The van der Waals surface area contributed by atoms with Crippen molar-refractivity contribution in [3.63, 3.8) is 0 Å². The lowest BCUT2D eigenvalue weighted by atomic mass is 9.83. The first-order valence-corrected chi connectivity index (χ1v) is 22.2. The Morgan fingerprint density at radius 3 is 1.42 bits per heavy atom. The Bertz CT molecular complexity index is 2590. The number of nitrogens with zero attached hydrogens (tertiary/aromatic N) is 5. The third kappa shape index (κ3) is 9.05. The van der Waals surface area contributed by atoms with Gasteiger partial charge in [0, 0.05) is 99.0 Å². The number of ether oxygens (including phenoxy) is 1. The third-order valence-electron chi connectivity index (χ3n) is 12.1. The van der Waals surface area contributed by atoms with Crippen LogP contribution in [0.2, 0.25) is 0 Å². The summed E-state index contributed by atoms with van der Waals surface area (Å²) in [5.74, 6) is 1.11. The van der Waals surface area contributed by atoms with Gasteiger partial charge >= 0.3 is 0 Å². The molecule has 4 aromatic carbocycles. The molecule has 0 spiro atoms. The monoisotopic (exact) mass is 856 g/mol. The van der Waals surface area contributed by atoms with Crippen molar-refractivity contribution in [1.29, 1.82) is 0 Å². The highest BCUT2D eigenvalue weighted by Crippen LogP contribution is 2.33. The summed E-state index contributed by atoms with van der Waals surface area (Å²) in [5.41, 5.74) is 6.10. The molecule has 5 heterocycles. The van der Waals surface area contributed by atoms with Crippen LogP contribution in [0, 0.1) is 0 Å². The minimum atomic E-state index is -0.168. The number of H-pyrrole nitrogens is 2. The average Bonchev–Trinajstić information content (AvgIpc) is 4.13. The van der Waals surface area contributed by atoms with Crippen molar-refractivity contribution in [2.24, 2.45) is 0 Å². The topological polar surface area (TPSA) is 157 Å². The zero-order valence-electron chi connectivity index (χ0n) is 35.4. The molecule has 0 amide bonds. The van der Waals surface area contributed by atoms with Gasteiger partial charge in [-0.25, -0.2) is 9.97 Å². The first kappa shape index (κ1) is 43.2. The van der Waals surface area contributed by atoms with Crippen LogP contribution in [0.4, 0.5) is 0 Å². The molecule has 322 valence electrons. The zero-order valence-corrected chi connectivity index (χ0v) is 36.2. The number of alkyl halides is 1. The molecule has 3 saturated heterocycles. The Labute approximate surface area is 366 Å². The maximum Gasteiger partial charge on any atom is 0.196 e. The molecule has 0 atom stereocenters. The molecule has 3 aliphatic heterocycles. The number of imidazole rings is 2. The molecule has 0 saturated carbocycles. The minimum Gasteiger partial charge on any atom is -0.381 e. The van der Waals surface area contributed by atoms with E-state index in [1.807, 2.05) is 6.07 Å². The van der Waals surface area contributed by atoms with Gasteiger partial charge in [-0.05, 0) is 50.2 Å². The predicted octanol–water partition coefficient (Wildman–Crippen LogP) is 6.26. The summed E-state index contributed by atoms with van der Waals surface area (Å²) >= 11 is 5.78. The molecule has 11 rings (SSSR count). The number of aromatic amines is 2. The van der Waals surface area contributed by atoms with Crippen LogP contribution in [-0.4, -0.2) is 136 Å². The molecule has 5 aliphatic rings. The summed E-state index contributed by atoms with van der Waals surface area (Å²) in [7, 11) is 0. The zero-order chi connectivity index (χ0) is 43.2. The lowest BCUT2D eigenvalue weighted by molar-refractivity contribution is 0.0980. The van der Waals surface area contributed by atoms with Gasteiger partial charge in [0.2, 0.25) is 0 Å². The summed E-state index contributed by atoms with van der Waals surface area (Å²) in [6.07, 6.45) is 2.56. The molecular weight excluding hydrogens is 804 g/mol. The molecule has 6 aromatic rings. The molecule has 0 bridgehead atoms. The Morgan fingerprint density at radius 1 is 0.548 bits per heavy atom. The summed E-state index contributed by atoms with van der Waals surface area (Å²) in [5, 5.41) is 3.31. The number of fused-ring (bicyclic) bond motifs is 8. The molecular formula is C48H53ClN8O5. The van der Waals surface area contributed by atoms with Crippen molar-refractivity contribution >= 4 is 56.8 Å². The van der Waals surface area contributed by atoms with E-state index >= 15 is 0 Å². The molecule has 3 fully saturated rings. The van der Waals surface area contributed by atoms with Crippen LogP contribution in [-0.2, 0) is 17.2 Å². The van der Waals surface area contributed by atoms with Gasteiger partial charge in [0.15, 0.2) is 23.1 Å². The summed E-state index contributed by atoms with van der Waals surface area (Å²) in [6.45, 7) is 18.4. The number of hydrogen-bond donors (Lipinski definition) is 3. The molecule has 0 unspecified atom stereocenters.